The van der Waals surface area contributed by atoms with Gasteiger partial charge in [-0.15, -0.1) is 0 Å². The van der Waals surface area contributed by atoms with Gasteiger partial charge in [0.2, 0.25) is 5.91 Å². The highest BCUT2D eigenvalue weighted by molar-refractivity contribution is 5.94. The van der Waals surface area contributed by atoms with Gasteiger partial charge in [0.15, 0.2) is 0 Å². The molecular weight excluding hydrogens is 381 g/mol. The molecule has 1 saturated carbocycles. The second-order valence-electron chi connectivity index (χ2n) is 8.17. The van der Waals surface area contributed by atoms with Crippen molar-refractivity contribution in [1.82, 2.24) is 14.7 Å². The summed E-state index contributed by atoms with van der Waals surface area (Å²) in [6.07, 6.45) is 2.99. The molecule has 2 fully saturated rings. The fourth-order valence-electron chi connectivity index (χ4n) is 3.98. The largest absolute Gasteiger partial charge is 0.337 e. The van der Waals surface area contributed by atoms with E-state index in [0.717, 1.165) is 31.4 Å². The summed E-state index contributed by atoms with van der Waals surface area (Å²) in [5.41, 5.74) is 1.66. The third kappa shape index (κ3) is 5.25. The first-order valence-electron chi connectivity index (χ1n) is 10.7. The summed E-state index contributed by atoms with van der Waals surface area (Å²) < 4.78 is 13.1. The van der Waals surface area contributed by atoms with Crippen LogP contribution in [0, 0.1) is 5.82 Å². The van der Waals surface area contributed by atoms with Crippen LogP contribution in [-0.4, -0.2) is 65.3 Å². The van der Waals surface area contributed by atoms with Crippen LogP contribution in [0.15, 0.2) is 54.6 Å². The molecule has 1 aliphatic carbocycles. The highest BCUT2D eigenvalue weighted by atomic mass is 19.1. The molecule has 0 radical (unpaired) electrons. The average Bonchev–Trinajstić information content (AvgIpc) is 3.61. The third-order valence-electron chi connectivity index (χ3n) is 5.83. The van der Waals surface area contributed by atoms with Gasteiger partial charge >= 0.3 is 0 Å². The van der Waals surface area contributed by atoms with E-state index in [2.05, 4.69) is 17.0 Å². The number of hydrogen-bond donors (Lipinski definition) is 0. The van der Waals surface area contributed by atoms with E-state index in [1.807, 2.05) is 23.1 Å². The second kappa shape index (κ2) is 9.39. The smallest absolute Gasteiger partial charge is 0.253 e. The molecule has 158 valence electrons. The van der Waals surface area contributed by atoms with Gasteiger partial charge < -0.3 is 9.80 Å². The minimum Gasteiger partial charge on any atom is -0.337 e. The molecule has 2 aromatic rings. The molecule has 0 bridgehead atoms. The maximum absolute atomic E-state index is 13.1. The van der Waals surface area contributed by atoms with Crippen molar-refractivity contribution >= 4 is 11.8 Å². The molecule has 1 aliphatic heterocycles. The number of rotatable bonds is 6. The van der Waals surface area contributed by atoms with Crippen LogP contribution < -0.4 is 0 Å². The fraction of sp³-hybridized carbons (Fsp3) is 0.417. The van der Waals surface area contributed by atoms with Crippen molar-refractivity contribution in [2.24, 2.45) is 0 Å². The van der Waals surface area contributed by atoms with Gasteiger partial charge in [-0.25, -0.2) is 4.39 Å². The van der Waals surface area contributed by atoms with E-state index < -0.39 is 0 Å². The van der Waals surface area contributed by atoms with Crippen molar-refractivity contribution in [3.8, 4) is 0 Å². The number of hydrogen-bond acceptors (Lipinski definition) is 3. The van der Waals surface area contributed by atoms with E-state index in [1.165, 1.54) is 24.3 Å². The Kier molecular flexibility index (Phi) is 6.43. The summed E-state index contributed by atoms with van der Waals surface area (Å²) in [7, 11) is 0. The summed E-state index contributed by atoms with van der Waals surface area (Å²) in [4.78, 5) is 31.7. The highest BCUT2D eigenvalue weighted by Gasteiger charge is 2.33. The zero-order valence-electron chi connectivity index (χ0n) is 17.2. The molecule has 2 aliphatic rings. The molecule has 0 atom stereocenters. The molecule has 0 unspecified atom stereocenters. The minimum absolute atomic E-state index is 0.0770. The molecular formula is C24H28FN3O2. The van der Waals surface area contributed by atoms with Gasteiger partial charge in [0.1, 0.15) is 5.82 Å². The van der Waals surface area contributed by atoms with Crippen molar-refractivity contribution in [2.45, 2.75) is 31.8 Å². The van der Waals surface area contributed by atoms with Gasteiger partial charge in [0.25, 0.3) is 5.91 Å². The lowest BCUT2D eigenvalue weighted by molar-refractivity contribution is -0.133. The Labute approximate surface area is 177 Å². The molecule has 1 saturated heterocycles. The number of carbonyl (C=O) groups is 2. The second-order valence-corrected chi connectivity index (χ2v) is 8.17. The summed E-state index contributed by atoms with van der Waals surface area (Å²) >= 11 is 0. The van der Waals surface area contributed by atoms with Crippen molar-refractivity contribution in [2.75, 3.05) is 32.7 Å². The molecule has 4 rings (SSSR count). The lowest BCUT2D eigenvalue weighted by Crippen LogP contribution is -2.42. The highest BCUT2D eigenvalue weighted by Crippen LogP contribution is 2.28. The SMILES string of the molecule is O=C(c1ccc(F)cc1)N1CCCN(CC(=O)N(Cc2ccccc2)C2CC2)CC1. The minimum atomic E-state index is -0.345. The van der Waals surface area contributed by atoms with Gasteiger partial charge in [-0.2, -0.15) is 0 Å². The quantitative estimate of drug-likeness (QED) is 0.736. The Bertz CT molecular complexity index is 868. The van der Waals surface area contributed by atoms with Crippen LogP contribution in [0.25, 0.3) is 0 Å². The lowest BCUT2D eigenvalue weighted by Gasteiger charge is -2.27. The van der Waals surface area contributed by atoms with Gasteiger partial charge in [0, 0.05) is 44.3 Å². The molecule has 0 aromatic heterocycles. The Balaban J connectivity index is 1.33. The van der Waals surface area contributed by atoms with Crippen LogP contribution in [0.5, 0.6) is 0 Å². The molecule has 0 N–H and O–H groups in total. The van der Waals surface area contributed by atoms with Crippen LogP contribution in [0.3, 0.4) is 0 Å². The Morgan fingerprint density at radius 1 is 0.933 bits per heavy atom. The van der Waals surface area contributed by atoms with E-state index in [9.17, 15) is 14.0 Å². The Morgan fingerprint density at radius 2 is 1.67 bits per heavy atom. The topological polar surface area (TPSA) is 43.9 Å². The van der Waals surface area contributed by atoms with E-state index in [4.69, 9.17) is 0 Å². The average molecular weight is 410 g/mol. The van der Waals surface area contributed by atoms with Gasteiger partial charge in [-0.1, -0.05) is 30.3 Å². The number of halogens is 1. The lowest BCUT2D eigenvalue weighted by atomic mass is 10.2. The molecule has 2 aromatic carbocycles. The third-order valence-corrected chi connectivity index (χ3v) is 5.83. The number of benzene rings is 2. The van der Waals surface area contributed by atoms with Gasteiger partial charge in [-0.3, -0.25) is 14.5 Å². The summed E-state index contributed by atoms with van der Waals surface area (Å²) in [5.74, 6) is -0.255. The van der Waals surface area contributed by atoms with Crippen molar-refractivity contribution in [1.29, 1.82) is 0 Å². The predicted molar refractivity (Wildman–Crippen MR) is 113 cm³/mol. The normalized spacial score (nSPS) is 17.4. The molecule has 2 amide bonds. The molecule has 5 nitrogen and oxygen atoms in total. The monoisotopic (exact) mass is 409 g/mol. The zero-order valence-corrected chi connectivity index (χ0v) is 17.2. The first-order valence-corrected chi connectivity index (χ1v) is 10.7. The first-order chi connectivity index (χ1) is 14.6. The van der Waals surface area contributed by atoms with Crippen molar-refractivity contribution in [3.05, 3.63) is 71.5 Å². The van der Waals surface area contributed by atoms with Crippen molar-refractivity contribution in [3.63, 3.8) is 0 Å². The van der Waals surface area contributed by atoms with E-state index in [1.54, 1.807) is 4.90 Å². The first kappa shape index (κ1) is 20.5. The van der Waals surface area contributed by atoms with Crippen LogP contribution >= 0.6 is 0 Å². The number of carbonyl (C=O) groups excluding carboxylic acids is 2. The number of amides is 2. The maximum Gasteiger partial charge on any atom is 0.253 e. The summed E-state index contributed by atoms with van der Waals surface area (Å²) in [5, 5.41) is 0. The van der Waals surface area contributed by atoms with Gasteiger partial charge in [0.05, 0.1) is 6.54 Å². The summed E-state index contributed by atoms with van der Waals surface area (Å²) in [6.45, 7) is 3.74. The molecule has 1 heterocycles. The van der Waals surface area contributed by atoms with Crippen molar-refractivity contribution < 1.29 is 14.0 Å². The van der Waals surface area contributed by atoms with E-state index in [-0.39, 0.29) is 17.6 Å². The van der Waals surface area contributed by atoms with Crippen LogP contribution in [0.1, 0.15) is 35.2 Å². The summed E-state index contributed by atoms with van der Waals surface area (Å²) in [6, 6.07) is 16.2. The molecule has 0 spiro atoms. The van der Waals surface area contributed by atoms with Crippen LogP contribution in [0.2, 0.25) is 0 Å². The Hall–Kier alpha value is -2.73. The Morgan fingerprint density at radius 3 is 2.37 bits per heavy atom. The predicted octanol–water partition coefficient (Wildman–Crippen LogP) is 3.16. The maximum atomic E-state index is 13.1. The van der Waals surface area contributed by atoms with Crippen LogP contribution in [0.4, 0.5) is 4.39 Å². The van der Waals surface area contributed by atoms with Gasteiger partial charge in [-0.05, 0) is 49.1 Å². The standard InChI is InChI=1S/C24H28FN3O2/c25-21-9-7-20(8-10-21)24(30)27-14-4-13-26(15-16-27)18-23(29)28(22-11-12-22)17-19-5-2-1-3-6-19/h1-3,5-10,22H,4,11-18H2. The van der Waals surface area contributed by atoms with E-state index >= 15 is 0 Å². The van der Waals surface area contributed by atoms with Crippen LogP contribution in [-0.2, 0) is 11.3 Å². The fourth-order valence-corrected chi connectivity index (χ4v) is 3.98. The number of nitrogens with zero attached hydrogens (tertiary/aromatic N) is 3. The van der Waals surface area contributed by atoms with E-state index in [0.29, 0.717) is 44.3 Å². The zero-order chi connectivity index (χ0) is 20.9. The molecule has 6 heteroatoms. The molecule has 30 heavy (non-hydrogen) atoms.